The zero-order valence-corrected chi connectivity index (χ0v) is 11.5. The molecule has 0 amide bonds. The third-order valence-corrected chi connectivity index (χ3v) is 3.13. The van der Waals surface area contributed by atoms with Crippen LogP contribution in [0.3, 0.4) is 0 Å². The van der Waals surface area contributed by atoms with Crippen molar-refractivity contribution in [1.29, 1.82) is 0 Å². The molecule has 1 aromatic carbocycles. The van der Waals surface area contributed by atoms with Crippen molar-refractivity contribution in [2.45, 2.75) is 12.6 Å². The Morgan fingerprint density at radius 2 is 2.16 bits per heavy atom. The summed E-state index contributed by atoms with van der Waals surface area (Å²) >= 11 is 5.80. The molecule has 1 heterocycles. The molecule has 0 saturated carbocycles. The predicted molar refractivity (Wildman–Crippen MR) is 71.7 cm³/mol. The van der Waals surface area contributed by atoms with Crippen molar-refractivity contribution < 1.29 is 13.5 Å². The van der Waals surface area contributed by atoms with Crippen molar-refractivity contribution in [2.75, 3.05) is 14.2 Å². The van der Waals surface area contributed by atoms with Crippen LogP contribution in [0, 0.1) is 5.82 Å². The lowest BCUT2D eigenvalue weighted by Crippen LogP contribution is -2.18. The second kappa shape index (κ2) is 6.19. The summed E-state index contributed by atoms with van der Waals surface area (Å²) in [5.41, 5.74) is 0.452. The van der Waals surface area contributed by atoms with E-state index < -0.39 is 5.82 Å². The maximum atomic E-state index is 14.0. The van der Waals surface area contributed by atoms with Gasteiger partial charge in [-0.3, -0.25) is 0 Å². The molecule has 0 saturated heterocycles. The summed E-state index contributed by atoms with van der Waals surface area (Å²) in [5.74, 6) is 0.879. The Bertz CT molecular complexity index is 556. The molecule has 19 heavy (non-hydrogen) atoms. The summed E-state index contributed by atoms with van der Waals surface area (Å²) in [4.78, 5) is 0. The normalized spacial score (nSPS) is 12.6. The molecule has 0 spiro atoms. The number of furan rings is 1. The Kier molecular flexibility index (Phi) is 4.58. The number of hydrogen-bond donors (Lipinski definition) is 1. The standard InChI is InChI=1S/C14H15ClFNO2/c1-17-14(10-4-3-5-11(15)13(10)16)12-7-6-9(19-12)8-18-2/h3-7,14,17H,8H2,1-2H3. The van der Waals surface area contributed by atoms with Crippen LogP contribution in [0.1, 0.15) is 23.1 Å². The fourth-order valence-corrected chi connectivity index (χ4v) is 2.15. The van der Waals surface area contributed by atoms with Crippen LogP contribution in [0.2, 0.25) is 5.02 Å². The van der Waals surface area contributed by atoms with Gasteiger partial charge in [0.25, 0.3) is 0 Å². The molecule has 2 aromatic rings. The highest BCUT2D eigenvalue weighted by Gasteiger charge is 2.20. The molecule has 1 aromatic heterocycles. The third-order valence-electron chi connectivity index (χ3n) is 2.83. The predicted octanol–water partition coefficient (Wildman–Crippen LogP) is 3.53. The summed E-state index contributed by atoms with van der Waals surface area (Å²) in [6.07, 6.45) is 0. The molecule has 2 rings (SSSR count). The molecule has 1 unspecified atom stereocenters. The number of halogens is 2. The minimum Gasteiger partial charge on any atom is -0.462 e. The molecule has 1 N–H and O–H groups in total. The maximum Gasteiger partial charge on any atom is 0.147 e. The molecular weight excluding hydrogens is 269 g/mol. The zero-order chi connectivity index (χ0) is 13.8. The number of hydrogen-bond acceptors (Lipinski definition) is 3. The average molecular weight is 284 g/mol. The van der Waals surface area contributed by atoms with E-state index in [2.05, 4.69) is 5.32 Å². The topological polar surface area (TPSA) is 34.4 Å². The summed E-state index contributed by atoms with van der Waals surface area (Å²) in [5, 5.41) is 3.12. The van der Waals surface area contributed by atoms with E-state index in [4.69, 9.17) is 20.8 Å². The Morgan fingerprint density at radius 1 is 1.37 bits per heavy atom. The van der Waals surface area contributed by atoms with Gasteiger partial charge in [0.05, 0.1) is 11.1 Å². The van der Waals surface area contributed by atoms with Crippen molar-refractivity contribution in [2.24, 2.45) is 0 Å². The first-order valence-corrected chi connectivity index (χ1v) is 6.24. The van der Waals surface area contributed by atoms with Crippen LogP contribution in [0.25, 0.3) is 0 Å². The summed E-state index contributed by atoms with van der Waals surface area (Å²) in [6, 6.07) is 8.14. The zero-order valence-electron chi connectivity index (χ0n) is 10.7. The highest BCUT2D eigenvalue weighted by atomic mass is 35.5. The summed E-state index contributed by atoms with van der Waals surface area (Å²) in [7, 11) is 3.33. The first-order valence-electron chi connectivity index (χ1n) is 5.86. The largest absolute Gasteiger partial charge is 0.462 e. The first kappa shape index (κ1) is 14.1. The first-order chi connectivity index (χ1) is 9.17. The Labute approximate surface area is 116 Å². The van der Waals surface area contributed by atoms with Crippen molar-refractivity contribution >= 4 is 11.6 Å². The summed E-state index contributed by atoms with van der Waals surface area (Å²) < 4.78 is 24.7. The van der Waals surface area contributed by atoms with Crippen molar-refractivity contribution in [1.82, 2.24) is 5.32 Å². The number of benzene rings is 1. The van der Waals surface area contributed by atoms with Crippen LogP contribution < -0.4 is 5.32 Å². The highest BCUT2D eigenvalue weighted by Crippen LogP contribution is 2.29. The van der Waals surface area contributed by atoms with Gasteiger partial charge in [0, 0.05) is 12.7 Å². The lowest BCUT2D eigenvalue weighted by atomic mass is 10.0. The maximum absolute atomic E-state index is 14.0. The van der Waals surface area contributed by atoms with Gasteiger partial charge in [-0.05, 0) is 25.2 Å². The molecule has 102 valence electrons. The molecule has 0 bridgehead atoms. The summed E-state index contributed by atoms with van der Waals surface area (Å²) in [6.45, 7) is 0.383. The minimum atomic E-state index is -0.437. The van der Waals surface area contributed by atoms with Gasteiger partial charge in [-0.2, -0.15) is 0 Å². The Balaban J connectivity index is 2.35. The van der Waals surface area contributed by atoms with Crippen LogP contribution in [0.5, 0.6) is 0 Å². The number of ether oxygens (including phenoxy) is 1. The van der Waals surface area contributed by atoms with E-state index in [-0.39, 0.29) is 11.1 Å². The molecule has 0 aliphatic rings. The monoisotopic (exact) mass is 283 g/mol. The molecule has 0 aliphatic heterocycles. The number of rotatable bonds is 5. The van der Waals surface area contributed by atoms with Crippen LogP contribution in [-0.2, 0) is 11.3 Å². The number of nitrogens with one attached hydrogen (secondary N) is 1. The fraction of sp³-hybridized carbons (Fsp3) is 0.286. The van der Waals surface area contributed by atoms with E-state index >= 15 is 0 Å². The van der Waals surface area contributed by atoms with E-state index in [1.807, 2.05) is 6.07 Å². The molecule has 0 radical (unpaired) electrons. The smallest absolute Gasteiger partial charge is 0.147 e. The molecule has 5 heteroatoms. The van der Waals surface area contributed by atoms with E-state index in [0.29, 0.717) is 23.7 Å². The van der Waals surface area contributed by atoms with Gasteiger partial charge >= 0.3 is 0 Å². The van der Waals surface area contributed by atoms with Crippen LogP contribution in [0.15, 0.2) is 34.7 Å². The van der Waals surface area contributed by atoms with Crippen molar-refractivity contribution in [3.05, 3.63) is 58.3 Å². The van der Waals surface area contributed by atoms with E-state index in [9.17, 15) is 4.39 Å². The Hall–Kier alpha value is -1.36. The highest BCUT2D eigenvalue weighted by molar-refractivity contribution is 6.30. The quantitative estimate of drug-likeness (QED) is 0.911. The van der Waals surface area contributed by atoms with Gasteiger partial charge in [0.2, 0.25) is 0 Å². The van der Waals surface area contributed by atoms with Crippen molar-refractivity contribution in [3.63, 3.8) is 0 Å². The van der Waals surface area contributed by atoms with Crippen molar-refractivity contribution in [3.8, 4) is 0 Å². The second-order valence-corrected chi connectivity index (χ2v) is 4.51. The van der Waals surface area contributed by atoms with Gasteiger partial charge in [-0.15, -0.1) is 0 Å². The molecule has 3 nitrogen and oxygen atoms in total. The van der Waals surface area contributed by atoms with Gasteiger partial charge in [0.1, 0.15) is 23.9 Å². The minimum absolute atomic E-state index is 0.0985. The van der Waals surface area contributed by atoms with Gasteiger partial charge in [-0.25, -0.2) is 4.39 Å². The van der Waals surface area contributed by atoms with Crippen LogP contribution in [0.4, 0.5) is 4.39 Å². The number of methoxy groups -OCH3 is 1. The average Bonchev–Trinajstić information content (AvgIpc) is 2.84. The molecule has 1 atom stereocenters. The molecule has 0 aliphatic carbocycles. The van der Waals surface area contributed by atoms with Gasteiger partial charge in [0.15, 0.2) is 0 Å². The lowest BCUT2D eigenvalue weighted by molar-refractivity contribution is 0.162. The van der Waals surface area contributed by atoms with E-state index in [0.717, 1.165) is 0 Å². The fourth-order valence-electron chi connectivity index (χ4n) is 1.96. The molecular formula is C14H15ClFNO2. The van der Waals surface area contributed by atoms with Crippen LogP contribution in [-0.4, -0.2) is 14.2 Å². The van der Waals surface area contributed by atoms with Gasteiger partial charge < -0.3 is 14.5 Å². The van der Waals surface area contributed by atoms with E-state index in [1.54, 1.807) is 32.4 Å². The Morgan fingerprint density at radius 3 is 2.84 bits per heavy atom. The SMILES string of the molecule is CNC(c1ccc(COC)o1)c1cccc(Cl)c1F. The van der Waals surface area contributed by atoms with Gasteiger partial charge in [-0.1, -0.05) is 23.7 Å². The lowest BCUT2D eigenvalue weighted by Gasteiger charge is -2.15. The van der Waals surface area contributed by atoms with Crippen LogP contribution >= 0.6 is 11.6 Å². The third kappa shape index (κ3) is 2.97. The second-order valence-electron chi connectivity index (χ2n) is 4.10. The molecule has 0 fully saturated rings. The van der Waals surface area contributed by atoms with E-state index in [1.165, 1.54) is 6.07 Å².